The fourth-order valence-electron chi connectivity index (χ4n) is 2.11. The van der Waals surface area contributed by atoms with Crippen molar-refractivity contribution in [3.05, 3.63) is 29.8 Å². The summed E-state index contributed by atoms with van der Waals surface area (Å²) in [6.45, 7) is 8.43. The second-order valence-electron chi connectivity index (χ2n) is 4.96. The fourth-order valence-corrected chi connectivity index (χ4v) is 2.11. The predicted molar refractivity (Wildman–Crippen MR) is 78.7 cm³/mol. The molecule has 3 heteroatoms. The Hall–Kier alpha value is -1.51. The number of ether oxygens (including phenoxy) is 1. The minimum Gasteiger partial charge on any atom is -0.497 e. The van der Waals surface area contributed by atoms with E-state index in [1.165, 1.54) is 0 Å². The van der Waals surface area contributed by atoms with Crippen LogP contribution in [0, 0.1) is 0 Å². The van der Waals surface area contributed by atoms with E-state index >= 15 is 0 Å². The summed E-state index contributed by atoms with van der Waals surface area (Å²) in [5.74, 6) is 0.876. The van der Waals surface area contributed by atoms with Crippen molar-refractivity contribution in [2.45, 2.75) is 52.6 Å². The first kappa shape index (κ1) is 15.5. The normalized spacial score (nSPS) is 13.7. The molecule has 2 atom stereocenters. The van der Waals surface area contributed by atoms with Gasteiger partial charge in [0.1, 0.15) is 5.75 Å². The third-order valence-corrected chi connectivity index (χ3v) is 3.70. The van der Waals surface area contributed by atoms with Gasteiger partial charge in [-0.1, -0.05) is 13.8 Å². The van der Waals surface area contributed by atoms with Crippen LogP contribution in [0.3, 0.4) is 0 Å². The first-order valence-corrected chi connectivity index (χ1v) is 7.01. The maximum Gasteiger partial charge on any atom is 0.254 e. The van der Waals surface area contributed by atoms with Gasteiger partial charge in [0.2, 0.25) is 0 Å². The first-order chi connectivity index (χ1) is 9.04. The minimum absolute atomic E-state index is 0.103. The van der Waals surface area contributed by atoms with Gasteiger partial charge in [-0.05, 0) is 51.0 Å². The van der Waals surface area contributed by atoms with Crippen molar-refractivity contribution in [2.24, 2.45) is 0 Å². The number of carbonyl (C=O) groups excluding carboxylic acids is 1. The summed E-state index contributed by atoms with van der Waals surface area (Å²) >= 11 is 0. The Morgan fingerprint density at radius 2 is 1.58 bits per heavy atom. The number of benzene rings is 1. The SMILES string of the molecule is CCC(C)N(C(=O)c1ccc(OC)cc1)C(C)CC. The third-order valence-electron chi connectivity index (χ3n) is 3.70. The van der Waals surface area contributed by atoms with E-state index in [4.69, 9.17) is 4.74 Å². The average Bonchev–Trinajstić information content (AvgIpc) is 2.46. The molecule has 0 aliphatic rings. The molecule has 1 rings (SSSR count). The van der Waals surface area contributed by atoms with Gasteiger partial charge >= 0.3 is 0 Å². The standard InChI is InChI=1S/C16H25NO2/c1-6-12(3)17(13(4)7-2)16(18)14-8-10-15(19-5)11-9-14/h8-13H,6-7H2,1-5H3. The van der Waals surface area contributed by atoms with E-state index in [1.54, 1.807) is 7.11 Å². The van der Waals surface area contributed by atoms with Crippen molar-refractivity contribution in [3.8, 4) is 5.75 Å². The lowest BCUT2D eigenvalue weighted by Crippen LogP contribution is -2.44. The molecule has 0 aliphatic carbocycles. The van der Waals surface area contributed by atoms with E-state index in [0.717, 1.165) is 24.2 Å². The Kier molecular flexibility index (Phi) is 5.87. The van der Waals surface area contributed by atoms with Gasteiger partial charge in [-0.3, -0.25) is 4.79 Å². The van der Waals surface area contributed by atoms with Crippen molar-refractivity contribution < 1.29 is 9.53 Å². The fraction of sp³-hybridized carbons (Fsp3) is 0.562. The summed E-state index contributed by atoms with van der Waals surface area (Å²) in [6.07, 6.45) is 1.93. The Bertz CT molecular complexity index is 390. The van der Waals surface area contributed by atoms with Gasteiger partial charge < -0.3 is 9.64 Å². The lowest BCUT2D eigenvalue weighted by molar-refractivity contribution is 0.0598. The molecular weight excluding hydrogens is 238 g/mol. The van der Waals surface area contributed by atoms with E-state index in [1.807, 2.05) is 29.2 Å². The summed E-state index contributed by atoms with van der Waals surface area (Å²) < 4.78 is 5.12. The highest BCUT2D eigenvalue weighted by molar-refractivity contribution is 5.94. The van der Waals surface area contributed by atoms with Crippen LogP contribution in [0.4, 0.5) is 0 Å². The van der Waals surface area contributed by atoms with Crippen LogP contribution >= 0.6 is 0 Å². The zero-order valence-electron chi connectivity index (χ0n) is 12.6. The second-order valence-corrected chi connectivity index (χ2v) is 4.96. The average molecular weight is 263 g/mol. The lowest BCUT2D eigenvalue weighted by Gasteiger charge is -2.34. The number of rotatable bonds is 6. The van der Waals surface area contributed by atoms with Gasteiger partial charge in [-0.25, -0.2) is 0 Å². The van der Waals surface area contributed by atoms with Crippen LogP contribution in [0.1, 0.15) is 50.9 Å². The molecule has 1 aromatic rings. The van der Waals surface area contributed by atoms with Crippen molar-refractivity contribution >= 4 is 5.91 Å². The van der Waals surface area contributed by atoms with E-state index < -0.39 is 0 Å². The third kappa shape index (κ3) is 3.72. The topological polar surface area (TPSA) is 29.5 Å². The highest BCUT2D eigenvalue weighted by Gasteiger charge is 2.24. The number of nitrogens with zero attached hydrogens (tertiary/aromatic N) is 1. The molecule has 0 aromatic heterocycles. The lowest BCUT2D eigenvalue weighted by atomic mass is 10.1. The number of hydrogen-bond donors (Lipinski definition) is 0. The molecule has 2 unspecified atom stereocenters. The van der Waals surface area contributed by atoms with Gasteiger partial charge in [0, 0.05) is 17.6 Å². The van der Waals surface area contributed by atoms with Gasteiger partial charge in [0.05, 0.1) is 7.11 Å². The van der Waals surface area contributed by atoms with Crippen LogP contribution in [-0.4, -0.2) is 30.0 Å². The van der Waals surface area contributed by atoms with Crippen LogP contribution in [0.5, 0.6) is 5.75 Å². The maximum atomic E-state index is 12.6. The monoisotopic (exact) mass is 263 g/mol. The van der Waals surface area contributed by atoms with Crippen molar-refractivity contribution in [3.63, 3.8) is 0 Å². The van der Waals surface area contributed by atoms with E-state index in [2.05, 4.69) is 27.7 Å². The highest BCUT2D eigenvalue weighted by Crippen LogP contribution is 2.18. The zero-order chi connectivity index (χ0) is 14.4. The Labute approximate surface area is 116 Å². The van der Waals surface area contributed by atoms with Crippen LogP contribution in [-0.2, 0) is 0 Å². The zero-order valence-corrected chi connectivity index (χ0v) is 12.6. The maximum absolute atomic E-state index is 12.6. The minimum atomic E-state index is 0.103. The first-order valence-electron chi connectivity index (χ1n) is 7.01. The largest absolute Gasteiger partial charge is 0.497 e. The van der Waals surface area contributed by atoms with Crippen LogP contribution in [0.15, 0.2) is 24.3 Å². The molecule has 0 N–H and O–H groups in total. The summed E-state index contributed by atoms with van der Waals surface area (Å²) in [5.41, 5.74) is 0.724. The summed E-state index contributed by atoms with van der Waals surface area (Å²) in [7, 11) is 1.63. The van der Waals surface area contributed by atoms with Gasteiger partial charge in [-0.2, -0.15) is 0 Å². The molecule has 0 bridgehead atoms. The molecule has 0 heterocycles. The van der Waals surface area contributed by atoms with Crippen LogP contribution in [0.25, 0.3) is 0 Å². The number of hydrogen-bond acceptors (Lipinski definition) is 2. The van der Waals surface area contributed by atoms with E-state index in [-0.39, 0.29) is 18.0 Å². The van der Waals surface area contributed by atoms with E-state index in [0.29, 0.717) is 0 Å². The summed E-state index contributed by atoms with van der Waals surface area (Å²) in [5, 5.41) is 0. The van der Waals surface area contributed by atoms with Gasteiger partial charge in [0.25, 0.3) is 5.91 Å². The predicted octanol–water partition coefficient (Wildman–Crippen LogP) is 3.73. The number of methoxy groups -OCH3 is 1. The van der Waals surface area contributed by atoms with E-state index in [9.17, 15) is 4.79 Å². The molecule has 0 saturated carbocycles. The Morgan fingerprint density at radius 3 is 1.95 bits per heavy atom. The van der Waals surface area contributed by atoms with Gasteiger partial charge in [0.15, 0.2) is 0 Å². The molecule has 0 aliphatic heterocycles. The molecule has 19 heavy (non-hydrogen) atoms. The molecule has 0 fully saturated rings. The molecule has 1 aromatic carbocycles. The Morgan fingerprint density at radius 1 is 1.11 bits per heavy atom. The molecule has 0 spiro atoms. The molecular formula is C16H25NO2. The van der Waals surface area contributed by atoms with Crippen molar-refractivity contribution in [1.29, 1.82) is 0 Å². The summed E-state index contributed by atoms with van der Waals surface area (Å²) in [6, 6.07) is 7.84. The number of carbonyl (C=O) groups is 1. The van der Waals surface area contributed by atoms with Crippen LogP contribution in [0.2, 0.25) is 0 Å². The summed E-state index contributed by atoms with van der Waals surface area (Å²) in [4.78, 5) is 14.6. The van der Waals surface area contributed by atoms with Crippen LogP contribution < -0.4 is 4.74 Å². The number of amides is 1. The molecule has 106 valence electrons. The van der Waals surface area contributed by atoms with Gasteiger partial charge in [-0.15, -0.1) is 0 Å². The van der Waals surface area contributed by atoms with Crippen molar-refractivity contribution in [1.82, 2.24) is 4.90 Å². The smallest absolute Gasteiger partial charge is 0.254 e. The molecule has 0 saturated heterocycles. The quantitative estimate of drug-likeness (QED) is 0.782. The molecule has 1 amide bonds. The highest BCUT2D eigenvalue weighted by atomic mass is 16.5. The Balaban J connectivity index is 2.97. The second kappa shape index (κ2) is 7.17. The van der Waals surface area contributed by atoms with Crippen molar-refractivity contribution in [2.75, 3.05) is 7.11 Å². The molecule has 3 nitrogen and oxygen atoms in total. The molecule has 0 radical (unpaired) electrons.